The molecular weight excluding hydrogens is 278 g/mol. The molecule has 1 aliphatic heterocycles. The first-order chi connectivity index (χ1) is 10.7. The smallest absolute Gasteiger partial charge is 0.188 e. The predicted octanol–water partition coefficient (Wildman–Crippen LogP) is 1.37. The number of nitrogens with one attached hydrogen (secondary N) is 1. The number of morpholine rings is 1. The lowest BCUT2D eigenvalue weighted by molar-refractivity contribution is 0.122. The topological polar surface area (TPSA) is 75.8 Å². The van der Waals surface area contributed by atoms with Gasteiger partial charge in [0.15, 0.2) is 5.96 Å². The Balaban J connectivity index is 1.94. The number of aliphatic imine (C=N–C) groups is 1. The van der Waals surface area contributed by atoms with Crippen LogP contribution in [0.25, 0.3) is 0 Å². The lowest BCUT2D eigenvalue weighted by Crippen LogP contribution is -2.37. The maximum absolute atomic E-state index is 5.92. The molecule has 0 amide bonds. The van der Waals surface area contributed by atoms with E-state index in [0.717, 1.165) is 50.7 Å². The van der Waals surface area contributed by atoms with Gasteiger partial charge in [0, 0.05) is 31.4 Å². The van der Waals surface area contributed by atoms with Gasteiger partial charge in [-0.15, -0.1) is 0 Å². The Morgan fingerprint density at radius 2 is 2.23 bits per heavy atom. The zero-order valence-electron chi connectivity index (χ0n) is 13.6. The minimum atomic E-state index is 0.498. The van der Waals surface area contributed by atoms with Crippen LogP contribution >= 0.6 is 0 Å². The standard InChI is InChI=1S/C16H27N5O/c1-13(2)5-7-19-16(17)20-12-14-4-3-6-18-15(14)21-8-10-22-11-9-21/h3-4,6,13H,5,7-12H2,1-2H3,(H3,17,19,20). The normalized spacial score (nSPS) is 16.1. The predicted molar refractivity (Wildman–Crippen MR) is 90.1 cm³/mol. The Labute approximate surface area is 132 Å². The molecule has 0 atom stereocenters. The fourth-order valence-corrected chi connectivity index (χ4v) is 2.33. The van der Waals surface area contributed by atoms with E-state index in [4.69, 9.17) is 10.5 Å². The van der Waals surface area contributed by atoms with E-state index in [2.05, 4.69) is 40.1 Å². The summed E-state index contributed by atoms with van der Waals surface area (Å²) in [6.45, 7) is 9.03. The Hall–Kier alpha value is -1.82. The van der Waals surface area contributed by atoms with Gasteiger partial charge in [0.05, 0.1) is 19.8 Å². The van der Waals surface area contributed by atoms with Crippen molar-refractivity contribution in [3.05, 3.63) is 23.9 Å². The molecule has 1 aliphatic rings. The van der Waals surface area contributed by atoms with E-state index < -0.39 is 0 Å². The first kappa shape index (κ1) is 16.5. The SMILES string of the molecule is CC(C)CCNC(N)=NCc1cccnc1N1CCOCC1. The highest BCUT2D eigenvalue weighted by atomic mass is 16.5. The van der Waals surface area contributed by atoms with Crippen LogP contribution in [0.3, 0.4) is 0 Å². The lowest BCUT2D eigenvalue weighted by atomic mass is 10.1. The molecule has 0 aromatic carbocycles. The third-order valence-corrected chi connectivity index (χ3v) is 3.63. The molecule has 6 nitrogen and oxygen atoms in total. The van der Waals surface area contributed by atoms with Gasteiger partial charge in [-0.1, -0.05) is 19.9 Å². The molecule has 0 aliphatic carbocycles. The Morgan fingerprint density at radius 1 is 1.45 bits per heavy atom. The average molecular weight is 305 g/mol. The molecule has 0 spiro atoms. The largest absolute Gasteiger partial charge is 0.378 e. The van der Waals surface area contributed by atoms with Gasteiger partial charge in [-0.05, 0) is 18.4 Å². The van der Waals surface area contributed by atoms with E-state index in [1.807, 2.05) is 12.3 Å². The first-order valence-corrected chi connectivity index (χ1v) is 7.97. The Bertz CT molecular complexity index is 483. The van der Waals surface area contributed by atoms with E-state index in [9.17, 15) is 0 Å². The number of nitrogens with zero attached hydrogens (tertiary/aromatic N) is 3. The molecule has 0 bridgehead atoms. The third kappa shape index (κ3) is 5.18. The molecule has 6 heteroatoms. The van der Waals surface area contributed by atoms with Crippen molar-refractivity contribution in [1.82, 2.24) is 10.3 Å². The number of nitrogens with two attached hydrogens (primary N) is 1. The number of hydrogen-bond acceptors (Lipinski definition) is 4. The van der Waals surface area contributed by atoms with Gasteiger partial charge in [-0.3, -0.25) is 0 Å². The van der Waals surface area contributed by atoms with Gasteiger partial charge >= 0.3 is 0 Å². The number of ether oxygens (including phenoxy) is 1. The van der Waals surface area contributed by atoms with E-state index in [-0.39, 0.29) is 0 Å². The minimum absolute atomic E-state index is 0.498. The van der Waals surface area contributed by atoms with Crippen LogP contribution < -0.4 is 16.0 Å². The van der Waals surface area contributed by atoms with Crippen molar-refractivity contribution in [2.45, 2.75) is 26.8 Å². The highest BCUT2D eigenvalue weighted by molar-refractivity contribution is 5.77. The number of aromatic nitrogens is 1. The average Bonchev–Trinajstić information content (AvgIpc) is 2.54. The van der Waals surface area contributed by atoms with Crippen molar-refractivity contribution >= 4 is 11.8 Å². The highest BCUT2D eigenvalue weighted by Crippen LogP contribution is 2.19. The van der Waals surface area contributed by atoms with Crippen molar-refractivity contribution in [1.29, 1.82) is 0 Å². The number of hydrogen-bond donors (Lipinski definition) is 2. The summed E-state index contributed by atoms with van der Waals surface area (Å²) >= 11 is 0. The van der Waals surface area contributed by atoms with Crippen LogP contribution in [0.2, 0.25) is 0 Å². The second-order valence-electron chi connectivity index (χ2n) is 5.90. The van der Waals surface area contributed by atoms with E-state index in [1.54, 1.807) is 0 Å². The van der Waals surface area contributed by atoms with Crippen molar-refractivity contribution in [2.75, 3.05) is 37.7 Å². The maximum Gasteiger partial charge on any atom is 0.188 e. The molecule has 0 saturated carbocycles. The second-order valence-corrected chi connectivity index (χ2v) is 5.90. The Morgan fingerprint density at radius 3 is 2.95 bits per heavy atom. The molecule has 122 valence electrons. The van der Waals surface area contributed by atoms with Gasteiger partial charge in [-0.2, -0.15) is 0 Å². The van der Waals surface area contributed by atoms with E-state index in [1.165, 1.54) is 0 Å². The summed E-state index contributed by atoms with van der Waals surface area (Å²) in [5.41, 5.74) is 7.02. The summed E-state index contributed by atoms with van der Waals surface area (Å²) in [5, 5.41) is 3.16. The molecule has 2 rings (SSSR count). The quantitative estimate of drug-likeness (QED) is 0.613. The summed E-state index contributed by atoms with van der Waals surface area (Å²) in [7, 11) is 0. The molecule has 3 N–H and O–H groups in total. The Kier molecular flexibility index (Phi) is 6.45. The number of anilines is 1. The van der Waals surface area contributed by atoms with Crippen LogP contribution in [0.15, 0.2) is 23.3 Å². The molecule has 22 heavy (non-hydrogen) atoms. The summed E-state index contributed by atoms with van der Waals surface area (Å²) in [6, 6.07) is 4.00. The van der Waals surface area contributed by atoms with E-state index in [0.29, 0.717) is 18.4 Å². The monoisotopic (exact) mass is 305 g/mol. The van der Waals surface area contributed by atoms with Crippen LogP contribution in [0.5, 0.6) is 0 Å². The van der Waals surface area contributed by atoms with E-state index >= 15 is 0 Å². The molecule has 1 aromatic rings. The molecule has 1 saturated heterocycles. The summed E-state index contributed by atoms with van der Waals surface area (Å²) in [6.07, 6.45) is 2.91. The third-order valence-electron chi connectivity index (χ3n) is 3.63. The van der Waals surface area contributed by atoms with Crippen molar-refractivity contribution < 1.29 is 4.74 Å². The zero-order valence-corrected chi connectivity index (χ0v) is 13.6. The zero-order chi connectivity index (χ0) is 15.8. The van der Waals surface area contributed by atoms with Crippen LogP contribution in [-0.4, -0.2) is 43.8 Å². The fraction of sp³-hybridized carbons (Fsp3) is 0.625. The minimum Gasteiger partial charge on any atom is -0.378 e. The molecule has 1 fully saturated rings. The van der Waals surface area contributed by atoms with Gasteiger partial charge in [0.1, 0.15) is 5.82 Å². The number of rotatable bonds is 6. The summed E-state index contributed by atoms with van der Waals surface area (Å²) in [5.74, 6) is 2.15. The second kappa shape index (κ2) is 8.58. The lowest BCUT2D eigenvalue weighted by Gasteiger charge is -2.29. The maximum atomic E-state index is 5.92. The highest BCUT2D eigenvalue weighted by Gasteiger charge is 2.15. The molecular formula is C16H27N5O. The molecule has 2 heterocycles. The summed E-state index contributed by atoms with van der Waals surface area (Å²) in [4.78, 5) is 11.2. The first-order valence-electron chi connectivity index (χ1n) is 7.97. The van der Waals surface area contributed by atoms with Gasteiger partial charge < -0.3 is 20.7 Å². The van der Waals surface area contributed by atoms with Crippen LogP contribution in [0, 0.1) is 5.92 Å². The summed E-state index contributed by atoms with van der Waals surface area (Å²) < 4.78 is 5.40. The van der Waals surface area contributed by atoms with Crippen molar-refractivity contribution in [2.24, 2.45) is 16.6 Å². The van der Waals surface area contributed by atoms with Gasteiger partial charge in [0.2, 0.25) is 0 Å². The fourth-order valence-electron chi connectivity index (χ4n) is 2.33. The molecule has 0 radical (unpaired) electrons. The number of pyridine rings is 1. The van der Waals surface area contributed by atoms with Gasteiger partial charge in [-0.25, -0.2) is 9.98 Å². The van der Waals surface area contributed by atoms with Gasteiger partial charge in [0.25, 0.3) is 0 Å². The number of guanidine groups is 1. The molecule has 1 aromatic heterocycles. The van der Waals surface area contributed by atoms with Crippen LogP contribution in [0.4, 0.5) is 5.82 Å². The van der Waals surface area contributed by atoms with Crippen molar-refractivity contribution in [3.8, 4) is 0 Å². The van der Waals surface area contributed by atoms with Crippen LogP contribution in [-0.2, 0) is 11.3 Å². The van der Waals surface area contributed by atoms with Crippen molar-refractivity contribution in [3.63, 3.8) is 0 Å². The molecule has 0 unspecified atom stereocenters. The van der Waals surface area contributed by atoms with Crippen LogP contribution in [0.1, 0.15) is 25.8 Å².